The molecule has 0 bridgehead atoms. The van der Waals surface area contributed by atoms with E-state index in [1.807, 2.05) is 0 Å². The average Bonchev–Trinajstić information content (AvgIpc) is 1.02. The van der Waals surface area contributed by atoms with E-state index in [0.29, 0.717) is 12.8 Å². The minimum absolute atomic E-state index is 0.153. The first kappa shape index (κ1) is 87.3. The normalized spacial score (nSPS) is 18.4. The van der Waals surface area contributed by atoms with Crippen LogP contribution < -0.4 is 5.32 Å². The number of nitrogens with one attached hydrogen (secondary N) is 1. The van der Waals surface area contributed by atoms with Crippen molar-refractivity contribution < 1.29 is 39.8 Å². The Morgan fingerprint density at radius 1 is 0.376 bits per heavy atom. The van der Waals surface area contributed by atoms with E-state index in [4.69, 9.17) is 9.47 Å². The van der Waals surface area contributed by atoms with E-state index in [9.17, 15) is 30.3 Å². The summed E-state index contributed by atoms with van der Waals surface area (Å²) in [6.45, 7) is 3.74. The van der Waals surface area contributed by atoms with Gasteiger partial charge < -0.3 is 40.3 Å². The van der Waals surface area contributed by atoms with Crippen LogP contribution in [0.1, 0.15) is 335 Å². The van der Waals surface area contributed by atoms with Gasteiger partial charge in [-0.15, -0.1) is 0 Å². The molecule has 534 valence electrons. The first-order chi connectivity index (χ1) is 45.8. The fourth-order valence-corrected chi connectivity index (χ4v) is 11.8. The number of carbonyl (C=O) groups excluding carboxylic acids is 1. The molecule has 0 saturated carbocycles. The first-order valence-corrected chi connectivity index (χ1v) is 38.9. The molecule has 0 aliphatic carbocycles. The maximum Gasteiger partial charge on any atom is 0.220 e. The van der Waals surface area contributed by atoms with Crippen LogP contribution in [0, 0.1) is 0 Å². The van der Waals surface area contributed by atoms with Crippen LogP contribution in [0.4, 0.5) is 0 Å². The Bertz CT molecular complexity index is 1940. The summed E-state index contributed by atoms with van der Waals surface area (Å²) in [7, 11) is 0. The lowest BCUT2D eigenvalue weighted by atomic mass is 9.99. The number of carbonyl (C=O) groups is 1. The zero-order valence-electron chi connectivity index (χ0n) is 60.0. The summed E-state index contributed by atoms with van der Waals surface area (Å²) in [6, 6.07) is -0.742. The molecule has 93 heavy (non-hydrogen) atoms. The minimum Gasteiger partial charge on any atom is -0.394 e. The molecule has 7 atom stereocenters. The van der Waals surface area contributed by atoms with Crippen molar-refractivity contribution in [1.29, 1.82) is 0 Å². The second-order valence-electron chi connectivity index (χ2n) is 26.4. The van der Waals surface area contributed by atoms with Crippen molar-refractivity contribution in [3.8, 4) is 0 Å². The number of hydrogen-bond acceptors (Lipinski definition) is 8. The molecule has 0 aromatic rings. The highest BCUT2D eigenvalue weighted by atomic mass is 16.7. The van der Waals surface area contributed by atoms with Gasteiger partial charge in [0.25, 0.3) is 0 Å². The van der Waals surface area contributed by atoms with Gasteiger partial charge in [0, 0.05) is 6.42 Å². The third kappa shape index (κ3) is 59.3. The minimum atomic E-state index is -1.57. The zero-order chi connectivity index (χ0) is 67.1. The van der Waals surface area contributed by atoms with Gasteiger partial charge in [-0.2, -0.15) is 0 Å². The van der Waals surface area contributed by atoms with E-state index in [0.717, 1.165) is 128 Å². The zero-order valence-corrected chi connectivity index (χ0v) is 60.0. The Morgan fingerprint density at radius 3 is 0.989 bits per heavy atom. The molecule has 6 N–H and O–H groups in total. The Morgan fingerprint density at radius 2 is 0.667 bits per heavy atom. The van der Waals surface area contributed by atoms with Crippen molar-refractivity contribution in [2.24, 2.45) is 0 Å². The molecule has 0 aromatic heterocycles. The smallest absolute Gasteiger partial charge is 0.220 e. The fourth-order valence-electron chi connectivity index (χ4n) is 11.8. The molecule has 1 saturated heterocycles. The predicted molar refractivity (Wildman–Crippen MR) is 400 cm³/mol. The topological polar surface area (TPSA) is 149 Å². The molecule has 0 spiro atoms. The van der Waals surface area contributed by atoms with E-state index < -0.39 is 49.5 Å². The van der Waals surface area contributed by atoms with Gasteiger partial charge in [0.1, 0.15) is 24.4 Å². The van der Waals surface area contributed by atoms with E-state index in [1.165, 1.54) is 180 Å². The molecule has 9 nitrogen and oxygen atoms in total. The molecule has 1 aliphatic heterocycles. The molecule has 1 heterocycles. The van der Waals surface area contributed by atoms with Crippen molar-refractivity contribution >= 4 is 5.91 Å². The van der Waals surface area contributed by atoms with E-state index in [-0.39, 0.29) is 12.5 Å². The Balaban J connectivity index is 2.14. The number of aliphatic hydroxyl groups excluding tert-OH is 5. The molecule has 1 fully saturated rings. The number of amides is 1. The highest BCUT2D eigenvalue weighted by Gasteiger charge is 2.44. The summed E-state index contributed by atoms with van der Waals surface area (Å²) in [4.78, 5) is 13.2. The van der Waals surface area contributed by atoms with Gasteiger partial charge in [0.05, 0.1) is 25.4 Å². The molecular weight excluding hydrogens is 1150 g/mol. The van der Waals surface area contributed by atoms with E-state index in [1.54, 1.807) is 0 Å². The molecule has 1 amide bonds. The van der Waals surface area contributed by atoms with Gasteiger partial charge in [-0.25, -0.2) is 0 Å². The van der Waals surface area contributed by atoms with Crippen LogP contribution in [0.5, 0.6) is 0 Å². The number of aliphatic hydroxyl groups is 5. The van der Waals surface area contributed by atoms with Gasteiger partial charge in [-0.3, -0.25) is 4.79 Å². The van der Waals surface area contributed by atoms with E-state index >= 15 is 0 Å². The molecule has 7 unspecified atom stereocenters. The van der Waals surface area contributed by atoms with Crippen LogP contribution in [-0.4, -0.2) is 87.5 Å². The summed E-state index contributed by atoms with van der Waals surface area (Å²) in [5, 5.41) is 55.0. The van der Waals surface area contributed by atoms with Crippen LogP contribution in [0.15, 0.2) is 134 Å². The molecule has 0 aromatic carbocycles. The second-order valence-corrected chi connectivity index (χ2v) is 26.4. The van der Waals surface area contributed by atoms with Gasteiger partial charge in [0.2, 0.25) is 5.91 Å². The van der Waals surface area contributed by atoms with Crippen molar-refractivity contribution in [2.45, 2.75) is 378 Å². The Labute approximate surface area is 572 Å². The van der Waals surface area contributed by atoms with Gasteiger partial charge >= 0.3 is 0 Å². The molecule has 9 heteroatoms. The Hall–Kier alpha value is -3.67. The van der Waals surface area contributed by atoms with Crippen LogP contribution in [0.3, 0.4) is 0 Å². The molecule has 1 aliphatic rings. The molecule has 0 radical (unpaired) electrons. The highest BCUT2D eigenvalue weighted by Crippen LogP contribution is 2.24. The van der Waals surface area contributed by atoms with Crippen LogP contribution in [0.2, 0.25) is 0 Å². The fraction of sp³-hybridized carbons (Fsp3) is 0.726. The highest BCUT2D eigenvalue weighted by molar-refractivity contribution is 5.76. The van der Waals surface area contributed by atoms with Crippen molar-refractivity contribution in [2.75, 3.05) is 13.2 Å². The lowest BCUT2D eigenvalue weighted by Gasteiger charge is -2.40. The SMILES string of the molecule is CC/C=C\C/C=C\C/C=C\C/C=C\C/C=C\C/C=C\C/C=C\C/C=C\C/C=C\C/C=C\C/C=C\CCCCCCCC(=O)NC(COC1OC(CO)C(O)C(O)C1O)C(O)CCCCCCCCCCCCCCCCCCCCCCCCCCCCCCCCC. The van der Waals surface area contributed by atoms with Crippen LogP contribution in [-0.2, 0) is 14.3 Å². The third-order valence-corrected chi connectivity index (χ3v) is 17.8. The second kappa shape index (κ2) is 71.1. The number of allylic oxidation sites excluding steroid dienone is 22. The van der Waals surface area contributed by atoms with E-state index in [2.05, 4.69) is 153 Å². The number of unbranched alkanes of at least 4 members (excludes halogenated alkanes) is 35. The lowest BCUT2D eigenvalue weighted by Crippen LogP contribution is -2.60. The summed E-state index contributed by atoms with van der Waals surface area (Å²) in [6.07, 6.45) is 101. The van der Waals surface area contributed by atoms with Crippen molar-refractivity contribution in [1.82, 2.24) is 5.32 Å². The van der Waals surface area contributed by atoms with Gasteiger partial charge in [-0.05, 0) is 96.3 Å². The van der Waals surface area contributed by atoms with Crippen molar-refractivity contribution in [3.63, 3.8) is 0 Å². The third-order valence-electron chi connectivity index (χ3n) is 17.8. The van der Waals surface area contributed by atoms with Gasteiger partial charge in [-0.1, -0.05) is 366 Å². The largest absolute Gasteiger partial charge is 0.394 e. The maximum absolute atomic E-state index is 13.2. The summed E-state index contributed by atoms with van der Waals surface area (Å²) >= 11 is 0. The molecular formula is C84H145NO8. The summed E-state index contributed by atoms with van der Waals surface area (Å²) in [5.74, 6) is -0.164. The Kier molecular flexibility index (Phi) is 66.8. The molecule has 1 rings (SSSR count). The predicted octanol–water partition coefficient (Wildman–Crippen LogP) is 22.3. The van der Waals surface area contributed by atoms with Crippen LogP contribution in [0.25, 0.3) is 0 Å². The van der Waals surface area contributed by atoms with Crippen molar-refractivity contribution in [3.05, 3.63) is 134 Å². The monoisotopic (exact) mass is 1300 g/mol. The lowest BCUT2D eigenvalue weighted by molar-refractivity contribution is -0.302. The number of rotatable bonds is 67. The quantitative estimate of drug-likeness (QED) is 0.0261. The van der Waals surface area contributed by atoms with Crippen LogP contribution >= 0.6 is 0 Å². The summed E-state index contributed by atoms with van der Waals surface area (Å²) < 4.78 is 11.4. The number of ether oxygens (including phenoxy) is 2. The average molecular weight is 1300 g/mol. The number of hydrogen-bond donors (Lipinski definition) is 6. The van der Waals surface area contributed by atoms with Gasteiger partial charge in [0.15, 0.2) is 6.29 Å². The maximum atomic E-state index is 13.2. The standard InChI is InChI=1S/C84H145NO8/c1-3-5-7-9-11-13-15-17-19-21-23-25-27-29-31-33-35-36-37-38-39-40-41-42-44-46-48-50-52-54-56-58-60-62-64-66-68-70-72-74-80(88)85-77(76-92-84-83(91)82(90)81(89)79(75-86)93-84)78(87)73-71-69-67-65-63-61-59-57-55-53-51-49-47-45-43-34-32-30-28-26-24-22-20-18-16-14-12-10-8-6-4-2/h5,7,11,13,17,19,23,25,29,31,35-36,38-39,41-42,46,48,52,54,58,60,77-79,81-84,86-87,89-91H,3-4,6,8-10,12,14-16,18,20-22,24,26-28,30,32-34,37,40,43-45,47,49-51,53,55-57,59,61-76H2,1-2H3,(H,85,88)/b7-5-,13-11-,19-17-,25-23-,31-29-,36-35-,39-38-,42-41-,48-46-,54-52-,60-58-. The summed E-state index contributed by atoms with van der Waals surface area (Å²) in [5.41, 5.74) is 0. The first-order valence-electron chi connectivity index (χ1n) is 38.9.